The van der Waals surface area contributed by atoms with Crippen LogP contribution >= 0.6 is 0 Å². The zero-order valence-corrected chi connectivity index (χ0v) is 28.3. The van der Waals surface area contributed by atoms with Crippen LogP contribution in [0.4, 0.5) is 17.1 Å². The minimum Gasteiger partial charge on any atom is -0.449 e. The Morgan fingerprint density at radius 1 is 0.377 bits per heavy atom. The first-order valence-corrected chi connectivity index (χ1v) is 17.6. The van der Waals surface area contributed by atoms with Crippen molar-refractivity contribution in [3.63, 3.8) is 0 Å². The Bertz CT molecular complexity index is 2850. The van der Waals surface area contributed by atoms with Gasteiger partial charge in [-0.05, 0) is 70.3 Å². The summed E-state index contributed by atoms with van der Waals surface area (Å²) in [7, 11) is 0. The molecule has 2 bridgehead atoms. The molecule has 6 heteroatoms. The molecule has 0 unspecified atom stereocenters. The van der Waals surface area contributed by atoms with Crippen LogP contribution in [0.3, 0.4) is 0 Å². The molecule has 11 rings (SSSR count). The van der Waals surface area contributed by atoms with E-state index in [9.17, 15) is 0 Å². The quantitative estimate of drug-likeness (QED) is 0.184. The van der Waals surface area contributed by atoms with E-state index in [1.165, 1.54) is 5.39 Å². The van der Waals surface area contributed by atoms with Crippen molar-refractivity contribution in [3.8, 4) is 68.3 Å². The Balaban J connectivity index is 1.21. The SMILES string of the molecule is c1ccc(-c2nc(-c3ccccc3)nc(-c3ccc4c(c3)-c3cccc5ccc6c(c35)Oc3c(cccc3N4c3ccc4ccccc4c3)O6)n2)cc1. The minimum absolute atomic E-state index is 0.588. The summed E-state index contributed by atoms with van der Waals surface area (Å²) in [5.41, 5.74) is 7.60. The lowest BCUT2D eigenvalue weighted by molar-refractivity contribution is 0.364. The number of nitrogens with zero attached hydrogens (tertiary/aromatic N) is 4. The predicted molar refractivity (Wildman–Crippen MR) is 211 cm³/mol. The van der Waals surface area contributed by atoms with Gasteiger partial charge in [-0.25, -0.2) is 15.0 Å². The van der Waals surface area contributed by atoms with Crippen LogP contribution in [0.2, 0.25) is 0 Å². The predicted octanol–water partition coefficient (Wildman–Crippen LogP) is 12.5. The maximum atomic E-state index is 6.95. The molecule has 1 aromatic heterocycles. The summed E-state index contributed by atoms with van der Waals surface area (Å²) >= 11 is 0. The molecule has 53 heavy (non-hydrogen) atoms. The van der Waals surface area contributed by atoms with E-state index >= 15 is 0 Å². The molecule has 0 amide bonds. The van der Waals surface area contributed by atoms with Gasteiger partial charge in [0, 0.05) is 33.3 Å². The van der Waals surface area contributed by atoms with Gasteiger partial charge in [0.25, 0.3) is 0 Å². The third kappa shape index (κ3) is 4.77. The van der Waals surface area contributed by atoms with Gasteiger partial charge in [-0.1, -0.05) is 121 Å². The summed E-state index contributed by atoms with van der Waals surface area (Å²) in [5, 5.41) is 4.35. The molecule has 0 spiro atoms. The number of ether oxygens (including phenoxy) is 2. The highest BCUT2D eigenvalue weighted by atomic mass is 16.6. The van der Waals surface area contributed by atoms with Crippen molar-refractivity contribution >= 4 is 38.6 Å². The lowest BCUT2D eigenvalue weighted by atomic mass is 9.93. The van der Waals surface area contributed by atoms with Crippen LogP contribution in [-0.4, -0.2) is 15.0 Å². The number of rotatable bonds is 4. The fourth-order valence-electron chi connectivity index (χ4n) is 7.56. The smallest absolute Gasteiger partial charge is 0.194 e. The molecule has 2 aliphatic heterocycles. The molecule has 0 saturated carbocycles. The van der Waals surface area contributed by atoms with E-state index in [1.807, 2.05) is 78.9 Å². The summed E-state index contributed by atoms with van der Waals surface area (Å²) in [4.78, 5) is 17.4. The van der Waals surface area contributed by atoms with Gasteiger partial charge < -0.3 is 14.4 Å². The van der Waals surface area contributed by atoms with Gasteiger partial charge in [0.1, 0.15) is 0 Å². The van der Waals surface area contributed by atoms with Gasteiger partial charge in [0.2, 0.25) is 0 Å². The zero-order valence-electron chi connectivity index (χ0n) is 28.3. The lowest BCUT2D eigenvalue weighted by Gasteiger charge is -2.30. The Morgan fingerprint density at radius 3 is 1.79 bits per heavy atom. The van der Waals surface area contributed by atoms with E-state index in [0.29, 0.717) is 40.5 Å². The van der Waals surface area contributed by atoms with E-state index in [1.54, 1.807) is 0 Å². The van der Waals surface area contributed by atoms with E-state index in [2.05, 4.69) is 95.9 Å². The van der Waals surface area contributed by atoms with Crippen LogP contribution in [-0.2, 0) is 0 Å². The summed E-state index contributed by atoms with van der Waals surface area (Å²) in [5.74, 6) is 4.55. The number of aromatic nitrogens is 3. The summed E-state index contributed by atoms with van der Waals surface area (Å²) in [6.07, 6.45) is 0. The average molecular weight is 681 g/mol. The standard InChI is InChI=1S/C47H28N4O2/c1-3-12-31(13-4-1)45-48-46(32-14-5-2-6-15-32)50-47(49-45)34-22-25-38-37(28-34)36-18-9-17-30-23-26-41-44(42(30)36)53-43-39(19-10-20-40(43)52-41)51(38)35-24-21-29-11-7-8-16-33(29)27-35/h1-28H. The van der Waals surface area contributed by atoms with Crippen LogP contribution in [0.25, 0.3) is 66.8 Å². The lowest BCUT2D eigenvalue weighted by Crippen LogP contribution is -2.13. The van der Waals surface area contributed by atoms with Crippen molar-refractivity contribution in [1.29, 1.82) is 0 Å². The second-order valence-corrected chi connectivity index (χ2v) is 13.2. The van der Waals surface area contributed by atoms with E-state index < -0.39 is 0 Å². The van der Waals surface area contributed by atoms with Gasteiger partial charge in [-0.3, -0.25) is 0 Å². The summed E-state index contributed by atoms with van der Waals surface area (Å²) < 4.78 is 13.5. The Hall–Kier alpha value is -7.31. The molecule has 0 N–H and O–H groups in total. The van der Waals surface area contributed by atoms with Crippen molar-refractivity contribution in [3.05, 3.63) is 170 Å². The third-order valence-corrected chi connectivity index (χ3v) is 10.1. The zero-order chi connectivity index (χ0) is 34.9. The average Bonchev–Trinajstić information content (AvgIpc) is 3.28. The first kappa shape index (κ1) is 29.4. The van der Waals surface area contributed by atoms with Crippen LogP contribution in [0, 0.1) is 0 Å². The molecule has 248 valence electrons. The Morgan fingerprint density at radius 2 is 1.02 bits per heavy atom. The van der Waals surface area contributed by atoms with Gasteiger partial charge in [0.15, 0.2) is 40.5 Å². The van der Waals surface area contributed by atoms with Crippen LogP contribution in [0.1, 0.15) is 0 Å². The summed E-state index contributed by atoms with van der Waals surface area (Å²) in [6.45, 7) is 0. The Kier molecular flexibility index (Phi) is 6.45. The van der Waals surface area contributed by atoms with Crippen LogP contribution in [0.5, 0.6) is 23.0 Å². The van der Waals surface area contributed by atoms with E-state index in [4.69, 9.17) is 24.4 Å². The molecular formula is C47H28N4O2. The molecule has 6 nitrogen and oxygen atoms in total. The second kappa shape index (κ2) is 11.6. The third-order valence-electron chi connectivity index (χ3n) is 10.1. The number of para-hydroxylation sites is 1. The van der Waals surface area contributed by atoms with E-state index in [-0.39, 0.29) is 0 Å². The monoisotopic (exact) mass is 680 g/mol. The number of anilines is 3. The van der Waals surface area contributed by atoms with Crippen molar-refractivity contribution in [2.75, 3.05) is 4.90 Å². The number of fused-ring (bicyclic) bond motifs is 3. The molecular weight excluding hydrogens is 653 g/mol. The number of hydrogen-bond donors (Lipinski definition) is 0. The molecule has 9 aromatic rings. The maximum Gasteiger partial charge on any atom is 0.194 e. The normalized spacial score (nSPS) is 12.4. The highest BCUT2D eigenvalue weighted by molar-refractivity contribution is 6.08. The van der Waals surface area contributed by atoms with Gasteiger partial charge in [0.05, 0.1) is 11.4 Å². The first-order valence-electron chi connectivity index (χ1n) is 17.6. The second-order valence-electron chi connectivity index (χ2n) is 13.2. The molecule has 2 aliphatic rings. The van der Waals surface area contributed by atoms with Crippen LogP contribution in [0.15, 0.2) is 170 Å². The molecule has 8 aromatic carbocycles. The molecule has 0 saturated heterocycles. The molecule has 0 aliphatic carbocycles. The summed E-state index contributed by atoms with van der Waals surface area (Å²) in [6, 6.07) is 58.2. The molecule has 0 radical (unpaired) electrons. The Labute approximate surface area is 305 Å². The fourth-order valence-corrected chi connectivity index (χ4v) is 7.56. The van der Waals surface area contributed by atoms with Gasteiger partial charge in [-0.2, -0.15) is 0 Å². The van der Waals surface area contributed by atoms with Crippen molar-refractivity contribution in [1.82, 2.24) is 15.0 Å². The number of hydrogen-bond acceptors (Lipinski definition) is 6. The highest BCUT2D eigenvalue weighted by Gasteiger charge is 2.32. The number of benzene rings is 8. The molecule has 0 fully saturated rings. The topological polar surface area (TPSA) is 60.4 Å². The van der Waals surface area contributed by atoms with Gasteiger partial charge in [-0.15, -0.1) is 0 Å². The molecule has 3 heterocycles. The van der Waals surface area contributed by atoms with Crippen LogP contribution < -0.4 is 14.4 Å². The first-order chi connectivity index (χ1) is 26.2. The van der Waals surface area contributed by atoms with Gasteiger partial charge >= 0.3 is 0 Å². The van der Waals surface area contributed by atoms with Crippen molar-refractivity contribution in [2.24, 2.45) is 0 Å². The molecule has 0 atom stereocenters. The van der Waals surface area contributed by atoms with Crippen molar-refractivity contribution in [2.45, 2.75) is 0 Å². The maximum absolute atomic E-state index is 6.95. The largest absolute Gasteiger partial charge is 0.449 e. The fraction of sp³-hybridized carbons (Fsp3) is 0. The van der Waals surface area contributed by atoms with E-state index in [0.717, 1.165) is 61.0 Å². The minimum atomic E-state index is 0.588. The highest BCUT2D eigenvalue weighted by Crippen LogP contribution is 2.58. The van der Waals surface area contributed by atoms with Crippen molar-refractivity contribution < 1.29 is 9.47 Å².